The predicted octanol–water partition coefficient (Wildman–Crippen LogP) is 3.52. The van der Waals surface area contributed by atoms with Gasteiger partial charge >= 0.3 is 0 Å². The van der Waals surface area contributed by atoms with Gasteiger partial charge in [-0.25, -0.2) is 5.43 Å². The van der Waals surface area contributed by atoms with Crippen LogP contribution in [-0.2, 0) is 0 Å². The number of ether oxygens (including phenoxy) is 1. The van der Waals surface area contributed by atoms with Crippen molar-refractivity contribution >= 4 is 0 Å². The molecule has 2 aromatic carbocycles. The fraction of sp³-hybridized carbons (Fsp3) is 0.333. The van der Waals surface area contributed by atoms with Crippen LogP contribution in [0.5, 0.6) is 5.75 Å². The van der Waals surface area contributed by atoms with E-state index in [1.807, 2.05) is 12.1 Å². The van der Waals surface area contributed by atoms with Gasteiger partial charge in [-0.05, 0) is 47.6 Å². The second-order valence-electron chi connectivity index (χ2n) is 5.63. The summed E-state index contributed by atoms with van der Waals surface area (Å²) in [6.45, 7) is 0. The zero-order valence-corrected chi connectivity index (χ0v) is 12.4. The minimum atomic E-state index is 0.0210. The summed E-state index contributed by atoms with van der Waals surface area (Å²) >= 11 is 0. The third kappa shape index (κ3) is 2.80. The molecule has 0 radical (unpaired) electrons. The summed E-state index contributed by atoms with van der Waals surface area (Å²) in [6.07, 6.45) is 3.91. The molecule has 1 unspecified atom stereocenters. The average molecular weight is 282 g/mol. The Bertz CT molecular complexity index is 590. The highest BCUT2D eigenvalue weighted by Gasteiger charge is 2.25. The molecule has 1 aliphatic rings. The molecule has 21 heavy (non-hydrogen) atoms. The topological polar surface area (TPSA) is 47.3 Å². The predicted molar refractivity (Wildman–Crippen MR) is 85.2 cm³/mol. The molecule has 0 saturated heterocycles. The first kappa shape index (κ1) is 14.1. The molecule has 1 fully saturated rings. The van der Waals surface area contributed by atoms with Crippen LogP contribution in [-0.4, -0.2) is 7.11 Å². The minimum absolute atomic E-state index is 0.0210. The maximum absolute atomic E-state index is 5.85. The molecule has 110 valence electrons. The van der Waals surface area contributed by atoms with E-state index in [4.69, 9.17) is 10.6 Å². The SMILES string of the molecule is COc1ccc(C(NN)c2ccccc2C2CCC2)cc1. The monoisotopic (exact) mass is 282 g/mol. The molecule has 3 N–H and O–H groups in total. The lowest BCUT2D eigenvalue weighted by Gasteiger charge is -2.30. The smallest absolute Gasteiger partial charge is 0.118 e. The molecule has 3 rings (SSSR count). The van der Waals surface area contributed by atoms with E-state index in [0.29, 0.717) is 5.92 Å². The quantitative estimate of drug-likeness (QED) is 0.651. The van der Waals surface area contributed by atoms with Gasteiger partial charge in [-0.1, -0.05) is 42.8 Å². The zero-order chi connectivity index (χ0) is 14.7. The van der Waals surface area contributed by atoms with Crippen LogP contribution in [0.2, 0.25) is 0 Å². The van der Waals surface area contributed by atoms with E-state index >= 15 is 0 Å². The number of nitrogens with one attached hydrogen (secondary N) is 1. The summed E-state index contributed by atoms with van der Waals surface area (Å²) in [5.41, 5.74) is 6.85. The highest BCUT2D eigenvalue weighted by molar-refractivity contribution is 5.41. The van der Waals surface area contributed by atoms with Gasteiger partial charge in [-0.3, -0.25) is 5.84 Å². The third-order valence-corrected chi connectivity index (χ3v) is 4.47. The van der Waals surface area contributed by atoms with E-state index in [1.165, 1.54) is 30.4 Å². The maximum Gasteiger partial charge on any atom is 0.118 e. The van der Waals surface area contributed by atoms with Crippen LogP contribution in [0.1, 0.15) is 47.9 Å². The van der Waals surface area contributed by atoms with Crippen LogP contribution in [0.15, 0.2) is 48.5 Å². The van der Waals surface area contributed by atoms with E-state index in [0.717, 1.165) is 11.3 Å². The van der Waals surface area contributed by atoms with Gasteiger partial charge in [-0.15, -0.1) is 0 Å². The summed E-state index contributed by atoms with van der Waals surface area (Å²) in [5, 5.41) is 0. The number of nitrogens with two attached hydrogens (primary N) is 1. The molecule has 0 aromatic heterocycles. The first-order chi connectivity index (χ1) is 10.3. The van der Waals surface area contributed by atoms with Crippen LogP contribution in [0.3, 0.4) is 0 Å². The van der Waals surface area contributed by atoms with Crippen LogP contribution < -0.4 is 16.0 Å². The van der Waals surface area contributed by atoms with Gasteiger partial charge < -0.3 is 4.74 Å². The van der Waals surface area contributed by atoms with Crippen molar-refractivity contribution in [1.29, 1.82) is 0 Å². The fourth-order valence-corrected chi connectivity index (χ4v) is 3.03. The summed E-state index contributed by atoms with van der Waals surface area (Å²) in [7, 11) is 1.68. The normalized spacial score (nSPS) is 16.3. The van der Waals surface area contributed by atoms with E-state index in [2.05, 4.69) is 41.8 Å². The van der Waals surface area contributed by atoms with Crippen molar-refractivity contribution in [3.63, 3.8) is 0 Å². The van der Waals surface area contributed by atoms with Gasteiger partial charge in [-0.2, -0.15) is 0 Å². The number of methoxy groups -OCH3 is 1. The lowest BCUT2D eigenvalue weighted by Crippen LogP contribution is -2.30. The zero-order valence-electron chi connectivity index (χ0n) is 12.4. The van der Waals surface area contributed by atoms with Crippen LogP contribution in [0.4, 0.5) is 0 Å². The lowest BCUT2D eigenvalue weighted by molar-refractivity contribution is 0.413. The van der Waals surface area contributed by atoms with Crippen LogP contribution >= 0.6 is 0 Å². The van der Waals surface area contributed by atoms with Gasteiger partial charge in [0, 0.05) is 0 Å². The molecule has 3 heteroatoms. The molecule has 0 bridgehead atoms. The number of rotatable bonds is 5. The number of hydrogen-bond donors (Lipinski definition) is 2. The molecule has 0 heterocycles. The number of hydrogen-bond acceptors (Lipinski definition) is 3. The fourth-order valence-electron chi connectivity index (χ4n) is 3.03. The molecule has 0 aliphatic heterocycles. The van der Waals surface area contributed by atoms with Crippen LogP contribution in [0, 0.1) is 0 Å². The molecule has 0 amide bonds. The second kappa shape index (κ2) is 6.29. The Morgan fingerprint density at radius 2 is 1.81 bits per heavy atom. The van der Waals surface area contributed by atoms with Gasteiger partial charge in [0.25, 0.3) is 0 Å². The molecular weight excluding hydrogens is 260 g/mol. The second-order valence-corrected chi connectivity index (χ2v) is 5.63. The molecule has 1 atom stereocenters. The first-order valence-electron chi connectivity index (χ1n) is 7.52. The average Bonchev–Trinajstić information content (AvgIpc) is 2.49. The van der Waals surface area contributed by atoms with Gasteiger partial charge in [0.2, 0.25) is 0 Å². The molecule has 1 aliphatic carbocycles. The molecule has 1 saturated carbocycles. The van der Waals surface area contributed by atoms with Crippen molar-refractivity contribution in [2.75, 3.05) is 7.11 Å². The first-order valence-corrected chi connectivity index (χ1v) is 7.52. The minimum Gasteiger partial charge on any atom is -0.497 e. The van der Waals surface area contributed by atoms with Crippen molar-refractivity contribution < 1.29 is 4.74 Å². The van der Waals surface area contributed by atoms with Crippen molar-refractivity contribution in [2.45, 2.75) is 31.2 Å². The summed E-state index contributed by atoms with van der Waals surface area (Å²) in [4.78, 5) is 0. The highest BCUT2D eigenvalue weighted by Crippen LogP contribution is 2.40. The van der Waals surface area contributed by atoms with E-state index in [9.17, 15) is 0 Å². The van der Waals surface area contributed by atoms with E-state index in [-0.39, 0.29) is 6.04 Å². The Morgan fingerprint density at radius 1 is 1.10 bits per heavy atom. The van der Waals surface area contributed by atoms with Gasteiger partial charge in [0.05, 0.1) is 13.2 Å². The van der Waals surface area contributed by atoms with Crippen molar-refractivity contribution in [1.82, 2.24) is 5.43 Å². The van der Waals surface area contributed by atoms with Crippen molar-refractivity contribution in [2.24, 2.45) is 5.84 Å². The Labute approximate surface area is 126 Å². The summed E-state index contributed by atoms with van der Waals surface area (Å²) in [5.74, 6) is 7.41. The van der Waals surface area contributed by atoms with Crippen molar-refractivity contribution in [3.05, 3.63) is 65.2 Å². The molecule has 2 aromatic rings. The lowest BCUT2D eigenvalue weighted by atomic mass is 9.76. The highest BCUT2D eigenvalue weighted by atomic mass is 16.5. The van der Waals surface area contributed by atoms with Gasteiger partial charge in [0.1, 0.15) is 5.75 Å². The summed E-state index contributed by atoms with van der Waals surface area (Å²) in [6, 6.07) is 16.8. The Balaban J connectivity index is 1.95. The number of benzene rings is 2. The standard InChI is InChI=1S/C18H22N2O/c1-21-15-11-9-14(10-12-15)18(20-19)17-8-3-2-7-16(17)13-5-4-6-13/h2-3,7-13,18,20H,4-6,19H2,1H3. The third-order valence-electron chi connectivity index (χ3n) is 4.47. The largest absolute Gasteiger partial charge is 0.497 e. The van der Waals surface area contributed by atoms with Crippen molar-refractivity contribution in [3.8, 4) is 5.75 Å². The van der Waals surface area contributed by atoms with E-state index < -0.39 is 0 Å². The van der Waals surface area contributed by atoms with Gasteiger partial charge in [0.15, 0.2) is 0 Å². The Hall–Kier alpha value is -1.84. The summed E-state index contributed by atoms with van der Waals surface area (Å²) < 4.78 is 5.23. The van der Waals surface area contributed by atoms with Crippen LogP contribution in [0.25, 0.3) is 0 Å². The number of hydrazine groups is 1. The maximum atomic E-state index is 5.85. The molecule has 3 nitrogen and oxygen atoms in total. The Kier molecular flexibility index (Phi) is 4.23. The molecular formula is C18H22N2O. The Morgan fingerprint density at radius 3 is 2.38 bits per heavy atom. The van der Waals surface area contributed by atoms with E-state index in [1.54, 1.807) is 7.11 Å². The molecule has 0 spiro atoms.